The molecule has 8 nitrogen and oxygen atoms in total. The normalized spacial score (nSPS) is 20.4. The van der Waals surface area contributed by atoms with Crippen molar-refractivity contribution in [3.63, 3.8) is 0 Å². The van der Waals surface area contributed by atoms with Crippen molar-refractivity contribution in [1.29, 1.82) is 0 Å². The van der Waals surface area contributed by atoms with E-state index in [9.17, 15) is 14.4 Å². The van der Waals surface area contributed by atoms with Crippen molar-refractivity contribution >= 4 is 23.5 Å². The van der Waals surface area contributed by atoms with E-state index in [-0.39, 0.29) is 29.9 Å². The fourth-order valence-corrected chi connectivity index (χ4v) is 4.79. The van der Waals surface area contributed by atoms with Gasteiger partial charge in [-0.3, -0.25) is 9.59 Å². The number of fused-ring (bicyclic) bond motifs is 1. The number of hydrogen-bond donors (Lipinski definition) is 1. The summed E-state index contributed by atoms with van der Waals surface area (Å²) in [5.74, 6) is -0.361. The van der Waals surface area contributed by atoms with Crippen LogP contribution in [0.2, 0.25) is 0 Å². The average Bonchev–Trinajstić information content (AvgIpc) is 2.93. The minimum absolute atomic E-state index is 0.00171. The predicted octanol–water partition coefficient (Wildman–Crippen LogP) is 3.09. The summed E-state index contributed by atoms with van der Waals surface area (Å²) in [6.07, 6.45) is 1.67. The number of rotatable bonds is 6. The highest BCUT2D eigenvalue weighted by atomic mass is 16.7. The van der Waals surface area contributed by atoms with Gasteiger partial charge in [0, 0.05) is 43.0 Å². The average molecular weight is 473 g/mol. The quantitative estimate of drug-likeness (QED) is 0.684. The van der Waals surface area contributed by atoms with Crippen LogP contribution in [0.15, 0.2) is 18.2 Å². The monoisotopic (exact) mass is 472 g/mol. The summed E-state index contributed by atoms with van der Waals surface area (Å²) < 4.78 is 0. The lowest BCUT2D eigenvalue weighted by molar-refractivity contribution is -0.208. The van der Waals surface area contributed by atoms with E-state index in [0.29, 0.717) is 31.7 Å². The van der Waals surface area contributed by atoms with Crippen LogP contribution in [0.25, 0.3) is 0 Å². The maximum absolute atomic E-state index is 13.8. The molecule has 188 valence electrons. The Balaban J connectivity index is 1.86. The smallest absolute Gasteiger partial charge is 0.330 e. The number of benzene rings is 1. The van der Waals surface area contributed by atoms with Crippen molar-refractivity contribution < 1.29 is 19.2 Å². The van der Waals surface area contributed by atoms with Gasteiger partial charge in [0.1, 0.15) is 0 Å². The van der Waals surface area contributed by atoms with Crippen LogP contribution in [-0.4, -0.2) is 66.0 Å². The molecule has 0 unspecified atom stereocenters. The lowest BCUT2D eigenvalue weighted by atomic mass is 9.86. The van der Waals surface area contributed by atoms with Gasteiger partial charge < -0.3 is 20.4 Å². The van der Waals surface area contributed by atoms with Crippen LogP contribution in [0, 0.1) is 5.41 Å². The zero-order chi connectivity index (χ0) is 25.4. The third-order valence-corrected chi connectivity index (χ3v) is 6.71. The van der Waals surface area contributed by atoms with Crippen LogP contribution in [0.5, 0.6) is 0 Å². The van der Waals surface area contributed by atoms with Crippen molar-refractivity contribution in [1.82, 2.24) is 9.96 Å². The molecule has 0 spiro atoms. The zero-order valence-corrected chi connectivity index (χ0v) is 21.7. The van der Waals surface area contributed by atoms with E-state index in [1.54, 1.807) is 9.96 Å². The fourth-order valence-electron chi connectivity index (χ4n) is 4.79. The Kier molecular flexibility index (Phi) is 7.43. The number of nitrogens with zero attached hydrogens (tertiary/aromatic N) is 3. The predicted molar refractivity (Wildman–Crippen MR) is 132 cm³/mol. The number of piperidine rings is 1. The maximum atomic E-state index is 13.8. The van der Waals surface area contributed by atoms with E-state index in [0.717, 1.165) is 24.1 Å². The van der Waals surface area contributed by atoms with Gasteiger partial charge in [-0.05, 0) is 79.0 Å². The molecule has 0 radical (unpaired) electrons. The van der Waals surface area contributed by atoms with Gasteiger partial charge >= 0.3 is 5.97 Å². The molecule has 34 heavy (non-hydrogen) atoms. The van der Waals surface area contributed by atoms with Gasteiger partial charge in [-0.2, -0.15) is 0 Å². The number of hydrogen-bond acceptors (Lipinski definition) is 6. The molecule has 0 aromatic heterocycles. The maximum Gasteiger partial charge on any atom is 0.330 e. The number of amides is 2. The fraction of sp³-hybridized carbons (Fsp3) is 0.654. The third kappa shape index (κ3) is 4.98. The van der Waals surface area contributed by atoms with Crippen molar-refractivity contribution in [2.24, 2.45) is 11.1 Å². The highest BCUT2D eigenvalue weighted by Gasteiger charge is 2.44. The molecular weight excluding hydrogens is 432 g/mol. The van der Waals surface area contributed by atoms with E-state index >= 15 is 0 Å². The van der Waals surface area contributed by atoms with E-state index in [4.69, 9.17) is 10.6 Å². The highest BCUT2D eigenvalue weighted by Crippen LogP contribution is 2.42. The third-order valence-electron chi connectivity index (χ3n) is 6.71. The second-order valence-electron chi connectivity index (χ2n) is 11.2. The van der Waals surface area contributed by atoms with E-state index in [1.165, 1.54) is 0 Å². The van der Waals surface area contributed by atoms with Crippen molar-refractivity contribution in [2.45, 2.75) is 78.8 Å². The first-order valence-corrected chi connectivity index (χ1v) is 12.3. The van der Waals surface area contributed by atoms with Crippen molar-refractivity contribution in [3.8, 4) is 0 Å². The molecule has 2 amide bonds. The van der Waals surface area contributed by atoms with Gasteiger partial charge in [-0.15, -0.1) is 5.06 Å². The molecule has 2 aliphatic heterocycles. The SMILES string of the molecule is CC(C)N(C(=O)c1ccc2c(c1)N(CCN)C(=O)C2(C)C)[C@@H]1CCCN(OC(=O)C(C)(C)C)C1. The first-order chi connectivity index (χ1) is 15.8. The first kappa shape index (κ1) is 26.2. The first-order valence-electron chi connectivity index (χ1n) is 12.3. The molecule has 1 saturated heterocycles. The molecule has 1 aromatic rings. The highest BCUT2D eigenvalue weighted by molar-refractivity contribution is 6.09. The summed E-state index contributed by atoms with van der Waals surface area (Å²) in [5.41, 5.74) is 6.75. The molecule has 2 aliphatic rings. The van der Waals surface area contributed by atoms with Crippen molar-refractivity contribution in [2.75, 3.05) is 31.1 Å². The number of carbonyl (C=O) groups is 3. The van der Waals surface area contributed by atoms with Gasteiger partial charge in [0.05, 0.1) is 17.4 Å². The van der Waals surface area contributed by atoms with Crippen LogP contribution < -0.4 is 10.6 Å². The Bertz CT molecular complexity index is 951. The second-order valence-corrected chi connectivity index (χ2v) is 11.2. The lowest BCUT2D eigenvalue weighted by Crippen LogP contribution is -2.53. The Morgan fingerprint density at radius 1 is 1.26 bits per heavy atom. The zero-order valence-electron chi connectivity index (χ0n) is 21.7. The van der Waals surface area contributed by atoms with E-state index < -0.39 is 10.8 Å². The van der Waals surface area contributed by atoms with Gasteiger partial charge in [-0.1, -0.05) is 6.07 Å². The summed E-state index contributed by atoms with van der Waals surface area (Å²) in [6.45, 7) is 15.2. The minimum atomic E-state index is -0.648. The Labute approximate surface area is 203 Å². The molecule has 8 heteroatoms. The molecule has 0 aliphatic carbocycles. The lowest BCUT2D eigenvalue weighted by Gasteiger charge is -2.41. The summed E-state index contributed by atoms with van der Waals surface area (Å²) in [4.78, 5) is 48.3. The summed E-state index contributed by atoms with van der Waals surface area (Å²) >= 11 is 0. The topological polar surface area (TPSA) is 96.2 Å². The molecule has 0 bridgehead atoms. The summed E-state index contributed by atoms with van der Waals surface area (Å²) in [6, 6.07) is 5.42. The van der Waals surface area contributed by atoms with Crippen LogP contribution in [-0.2, 0) is 19.8 Å². The molecule has 0 saturated carbocycles. The molecule has 1 aromatic carbocycles. The van der Waals surface area contributed by atoms with Crippen molar-refractivity contribution in [3.05, 3.63) is 29.3 Å². The van der Waals surface area contributed by atoms with Gasteiger partial charge in [0.15, 0.2) is 0 Å². The molecule has 2 heterocycles. The van der Waals surface area contributed by atoms with Crippen LogP contribution >= 0.6 is 0 Å². The van der Waals surface area contributed by atoms with Crippen LogP contribution in [0.4, 0.5) is 5.69 Å². The molecular formula is C26H40N4O4. The van der Waals surface area contributed by atoms with E-state index in [2.05, 4.69) is 0 Å². The summed E-state index contributed by atoms with van der Waals surface area (Å²) in [7, 11) is 0. The van der Waals surface area contributed by atoms with Crippen LogP contribution in [0.1, 0.15) is 77.2 Å². The number of anilines is 1. The summed E-state index contributed by atoms with van der Waals surface area (Å²) in [5, 5.41) is 1.69. The number of carbonyl (C=O) groups excluding carboxylic acids is 3. The Morgan fingerprint density at radius 3 is 2.53 bits per heavy atom. The van der Waals surface area contributed by atoms with Gasteiger partial charge in [-0.25, -0.2) is 4.79 Å². The molecule has 1 atom stereocenters. The largest absolute Gasteiger partial charge is 0.367 e. The Hall–Kier alpha value is -2.45. The minimum Gasteiger partial charge on any atom is -0.367 e. The van der Waals surface area contributed by atoms with Gasteiger partial charge in [0.25, 0.3) is 5.91 Å². The van der Waals surface area contributed by atoms with Gasteiger partial charge in [0.2, 0.25) is 5.91 Å². The van der Waals surface area contributed by atoms with E-state index in [1.807, 2.05) is 71.6 Å². The number of hydroxylamine groups is 2. The standard InChI is InChI=1S/C26H40N4O4/c1-17(2)30(19-9-8-13-28(16-19)34-24(33)25(3,4)5)22(31)18-10-11-20-21(15-18)29(14-12-27)23(32)26(20,6)7/h10-11,15,17,19H,8-9,12-14,16,27H2,1-7H3/t19-/m1/s1. The number of nitrogens with two attached hydrogens (primary N) is 1. The molecule has 3 rings (SSSR count). The molecule has 2 N–H and O–H groups in total. The Morgan fingerprint density at radius 2 is 1.94 bits per heavy atom. The second kappa shape index (κ2) is 9.66. The van der Waals surface area contributed by atoms with Crippen LogP contribution in [0.3, 0.4) is 0 Å². The molecule has 1 fully saturated rings.